The fraction of sp³-hybridized carbons (Fsp3) is 0.400. The van der Waals surface area contributed by atoms with Crippen LogP contribution in [-0.2, 0) is 9.53 Å². The van der Waals surface area contributed by atoms with Gasteiger partial charge in [0.15, 0.2) is 0 Å². The lowest BCUT2D eigenvalue weighted by atomic mass is 10.2. The molecule has 0 bridgehead atoms. The second kappa shape index (κ2) is 4.80. The van der Waals surface area contributed by atoms with Crippen LogP contribution >= 0.6 is 11.3 Å². The van der Waals surface area contributed by atoms with Gasteiger partial charge in [-0.2, -0.15) is 5.26 Å². The highest BCUT2D eigenvalue weighted by atomic mass is 32.1. The molecule has 0 saturated heterocycles. The molecule has 5 heteroatoms. The third-order valence-electron chi connectivity index (χ3n) is 2.12. The van der Waals surface area contributed by atoms with Gasteiger partial charge in [-0.3, -0.25) is 4.79 Å². The number of carbonyl (C=O) groups is 1. The molecule has 0 unspecified atom stereocenters. The fourth-order valence-corrected chi connectivity index (χ4v) is 2.12. The van der Waals surface area contributed by atoms with Crippen molar-refractivity contribution in [2.75, 3.05) is 19.0 Å². The molecule has 4 nitrogen and oxygen atoms in total. The van der Waals surface area contributed by atoms with E-state index in [2.05, 4.69) is 16.1 Å². The predicted octanol–water partition coefficient (Wildman–Crippen LogP) is 1.82. The average Bonchev–Trinajstić information content (AvgIpc) is 2.51. The third kappa shape index (κ3) is 2.48. The van der Waals surface area contributed by atoms with E-state index < -0.39 is 0 Å². The van der Waals surface area contributed by atoms with Crippen LogP contribution in [0.15, 0.2) is 0 Å². The number of ether oxygens (including phenoxy) is 1. The van der Waals surface area contributed by atoms with Crippen LogP contribution in [0.1, 0.15) is 16.0 Å². The minimum atomic E-state index is -0.345. The summed E-state index contributed by atoms with van der Waals surface area (Å²) >= 11 is 1.48. The minimum Gasteiger partial charge on any atom is -0.468 e. The Balaban J connectivity index is 2.82. The summed E-state index contributed by atoms with van der Waals surface area (Å²) in [5, 5.41) is 12.6. The summed E-state index contributed by atoms with van der Waals surface area (Å²) in [7, 11) is 1.33. The van der Waals surface area contributed by atoms with Crippen molar-refractivity contribution in [3.63, 3.8) is 0 Å². The molecule has 0 aromatic carbocycles. The van der Waals surface area contributed by atoms with Crippen LogP contribution < -0.4 is 5.32 Å². The monoisotopic (exact) mass is 224 g/mol. The van der Waals surface area contributed by atoms with Crippen LogP contribution in [0, 0.1) is 25.2 Å². The summed E-state index contributed by atoms with van der Waals surface area (Å²) in [4.78, 5) is 12.0. The number of nitriles is 1. The molecule has 1 N–H and O–H groups in total. The second-order valence-corrected chi connectivity index (χ2v) is 4.25. The van der Waals surface area contributed by atoms with Crippen molar-refractivity contribution < 1.29 is 9.53 Å². The molecule has 0 fully saturated rings. The van der Waals surface area contributed by atoms with Crippen LogP contribution in [0.2, 0.25) is 0 Å². The van der Waals surface area contributed by atoms with Gasteiger partial charge >= 0.3 is 5.97 Å². The summed E-state index contributed by atoms with van der Waals surface area (Å²) in [5.74, 6) is -0.345. The van der Waals surface area contributed by atoms with E-state index in [0.29, 0.717) is 5.56 Å². The van der Waals surface area contributed by atoms with E-state index in [1.165, 1.54) is 18.4 Å². The number of methoxy groups -OCH3 is 1. The first-order valence-corrected chi connectivity index (χ1v) is 5.22. The number of nitrogens with zero attached hydrogens (tertiary/aromatic N) is 1. The van der Waals surface area contributed by atoms with Gasteiger partial charge in [-0.15, -0.1) is 11.3 Å². The molecule has 1 aromatic rings. The van der Waals surface area contributed by atoms with Crippen molar-refractivity contribution in [2.45, 2.75) is 13.8 Å². The highest BCUT2D eigenvalue weighted by Gasteiger charge is 2.12. The van der Waals surface area contributed by atoms with Gasteiger partial charge in [0.2, 0.25) is 0 Å². The van der Waals surface area contributed by atoms with Gasteiger partial charge in [-0.05, 0) is 19.4 Å². The first kappa shape index (κ1) is 11.5. The zero-order chi connectivity index (χ0) is 11.4. The van der Waals surface area contributed by atoms with Crippen LogP contribution in [0.3, 0.4) is 0 Å². The second-order valence-electron chi connectivity index (χ2n) is 3.03. The fourth-order valence-electron chi connectivity index (χ4n) is 1.11. The number of nitrogens with one attached hydrogen (secondary N) is 1. The maximum absolute atomic E-state index is 10.9. The first-order valence-electron chi connectivity index (χ1n) is 4.41. The van der Waals surface area contributed by atoms with Crippen molar-refractivity contribution >= 4 is 22.3 Å². The Morgan fingerprint density at radius 2 is 2.27 bits per heavy atom. The van der Waals surface area contributed by atoms with E-state index in [4.69, 9.17) is 5.26 Å². The minimum absolute atomic E-state index is 0.0879. The summed E-state index contributed by atoms with van der Waals surface area (Å²) in [6.45, 7) is 3.93. The normalized spacial score (nSPS) is 9.47. The summed E-state index contributed by atoms with van der Waals surface area (Å²) in [6.07, 6.45) is 0. The van der Waals surface area contributed by atoms with Crippen LogP contribution in [-0.4, -0.2) is 19.6 Å². The van der Waals surface area contributed by atoms with Crippen LogP contribution in [0.5, 0.6) is 0 Å². The van der Waals surface area contributed by atoms with E-state index in [1.54, 1.807) is 0 Å². The Bertz CT molecular complexity index is 418. The number of esters is 1. The van der Waals surface area contributed by atoms with Crippen molar-refractivity contribution in [1.82, 2.24) is 0 Å². The lowest BCUT2D eigenvalue weighted by molar-refractivity contribution is -0.138. The molecule has 1 heterocycles. The molecule has 0 atom stereocenters. The Morgan fingerprint density at radius 3 is 2.80 bits per heavy atom. The van der Waals surface area contributed by atoms with Crippen molar-refractivity contribution in [3.05, 3.63) is 16.0 Å². The molecule has 0 spiro atoms. The molecule has 80 valence electrons. The summed E-state index contributed by atoms with van der Waals surface area (Å²) in [5.41, 5.74) is 1.58. The largest absolute Gasteiger partial charge is 0.468 e. The standard InChI is InChI=1S/C10H12N2O2S/c1-6-7(2)15-10(8(6)4-11)12-5-9(13)14-3/h12H,5H2,1-3H3. The van der Waals surface area contributed by atoms with Gasteiger partial charge in [0.1, 0.15) is 17.6 Å². The highest BCUT2D eigenvalue weighted by Crippen LogP contribution is 2.31. The van der Waals surface area contributed by atoms with E-state index in [9.17, 15) is 4.79 Å². The lowest BCUT2D eigenvalue weighted by Gasteiger charge is -2.01. The number of hydrogen-bond acceptors (Lipinski definition) is 5. The van der Waals surface area contributed by atoms with Gasteiger partial charge in [-0.1, -0.05) is 0 Å². The molecule has 1 aromatic heterocycles. The highest BCUT2D eigenvalue weighted by molar-refractivity contribution is 7.16. The Hall–Kier alpha value is -1.54. The van der Waals surface area contributed by atoms with E-state index in [1.807, 2.05) is 13.8 Å². The Morgan fingerprint density at radius 1 is 1.60 bits per heavy atom. The molecule has 0 radical (unpaired) electrons. The number of rotatable bonds is 3. The van der Waals surface area contributed by atoms with E-state index in [-0.39, 0.29) is 12.5 Å². The zero-order valence-corrected chi connectivity index (χ0v) is 9.70. The Kier molecular flexibility index (Phi) is 3.69. The van der Waals surface area contributed by atoms with Crippen molar-refractivity contribution in [3.8, 4) is 6.07 Å². The molecule has 0 amide bonds. The predicted molar refractivity (Wildman–Crippen MR) is 59.0 cm³/mol. The topological polar surface area (TPSA) is 62.1 Å². The number of thiophene rings is 1. The number of anilines is 1. The van der Waals surface area contributed by atoms with E-state index >= 15 is 0 Å². The smallest absolute Gasteiger partial charge is 0.325 e. The van der Waals surface area contributed by atoms with Gasteiger partial charge < -0.3 is 10.1 Å². The number of carbonyl (C=O) groups excluding carboxylic acids is 1. The van der Waals surface area contributed by atoms with Crippen LogP contribution in [0.25, 0.3) is 0 Å². The van der Waals surface area contributed by atoms with Crippen molar-refractivity contribution in [2.24, 2.45) is 0 Å². The Labute approximate surface area is 92.5 Å². The maximum atomic E-state index is 10.9. The maximum Gasteiger partial charge on any atom is 0.325 e. The van der Waals surface area contributed by atoms with Gasteiger partial charge in [0.05, 0.1) is 12.7 Å². The SMILES string of the molecule is COC(=O)CNc1sc(C)c(C)c1C#N. The third-order valence-corrected chi connectivity index (χ3v) is 3.28. The molecular formula is C10H12N2O2S. The first-order chi connectivity index (χ1) is 7.10. The molecule has 0 aliphatic heterocycles. The van der Waals surface area contributed by atoms with Gasteiger partial charge in [-0.25, -0.2) is 0 Å². The average molecular weight is 224 g/mol. The quantitative estimate of drug-likeness (QED) is 0.795. The van der Waals surface area contributed by atoms with Gasteiger partial charge in [0, 0.05) is 4.88 Å². The summed E-state index contributed by atoms with van der Waals surface area (Å²) in [6, 6.07) is 2.12. The van der Waals surface area contributed by atoms with E-state index in [0.717, 1.165) is 15.4 Å². The lowest BCUT2D eigenvalue weighted by Crippen LogP contribution is -2.14. The number of aryl methyl sites for hydroxylation is 1. The molecule has 0 aliphatic rings. The zero-order valence-electron chi connectivity index (χ0n) is 8.88. The van der Waals surface area contributed by atoms with Crippen LogP contribution in [0.4, 0.5) is 5.00 Å². The number of hydrogen-bond donors (Lipinski definition) is 1. The molecule has 0 saturated carbocycles. The van der Waals surface area contributed by atoms with Crippen molar-refractivity contribution in [1.29, 1.82) is 5.26 Å². The molecule has 15 heavy (non-hydrogen) atoms. The molecular weight excluding hydrogens is 212 g/mol. The van der Waals surface area contributed by atoms with Gasteiger partial charge in [0.25, 0.3) is 0 Å². The molecule has 0 aliphatic carbocycles. The summed E-state index contributed by atoms with van der Waals surface area (Å²) < 4.78 is 4.50. The molecule has 1 rings (SSSR count).